The van der Waals surface area contributed by atoms with E-state index in [9.17, 15) is 12.8 Å². The van der Waals surface area contributed by atoms with E-state index < -0.39 is 21.4 Å². The van der Waals surface area contributed by atoms with Crippen molar-refractivity contribution in [3.05, 3.63) is 50.4 Å². The summed E-state index contributed by atoms with van der Waals surface area (Å²) in [6, 6.07) is 8.66. The average Bonchev–Trinajstić information content (AvgIpc) is 2.82. The number of hydrogen-bond donors (Lipinski definition) is 1. The molecule has 0 amide bonds. The second kappa shape index (κ2) is 6.01. The first-order chi connectivity index (χ1) is 9.44. The van der Waals surface area contributed by atoms with Gasteiger partial charge in [0.25, 0.3) is 0 Å². The van der Waals surface area contributed by atoms with Crippen LogP contribution < -0.4 is 4.72 Å². The molecule has 0 atom stereocenters. The highest BCUT2D eigenvalue weighted by Gasteiger charge is 2.21. The van der Waals surface area contributed by atoms with E-state index >= 15 is 0 Å². The predicted molar refractivity (Wildman–Crippen MR) is 77.2 cm³/mol. The molecule has 0 aliphatic heterocycles. The van der Waals surface area contributed by atoms with E-state index in [1.54, 1.807) is 18.2 Å². The number of hydrogen-bond acceptors (Lipinski definition) is 4. The van der Waals surface area contributed by atoms with Crippen molar-refractivity contribution in [2.24, 2.45) is 0 Å². The Labute approximate surface area is 128 Å². The lowest BCUT2D eigenvalue weighted by Gasteiger charge is -2.07. The van der Waals surface area contributed by atoms with Gasteiger partial charge in [-0.1, -0.05) is 6.07 Å². The Kier molecular flexibility index (Phi) is 4.55. The Morgan fingerprint density at radius 3 is 2.70 bits per heavy atom. The molecule has 0 radical (unpaired) electrons. The summed E-state index contributed by atoms with van der Waals surface area (Å²) in [5.74, 6) is -0.853. The molecule has 8 heteroatoms. The number of nitriles is 1. The molecule has 2 aromatic rings. The molecule has 0 spiro atoms. The van der Waals surface area contributed by atoms with Gasteiger partial charge in [0, 0.05) is 11.4 Å². The van der Waals surface area contributed by atoms with Crippen molar-refractivity contribution >= 4 is 37.3 Å². The quantitative estimate of drug-likeness (QED) is 0.893. The number of nitrogens with zero attached hydrogens (tertiary/aromatic N) is 1. The first-order valence-electron chi connectivity index (χ1n) is 5.36. The van der Waals surface area contributed by atoms with E-state index in [1.807, 2.05) is 0 Å². The number of nitrogens with one attached hydrogen (secondary N) is 1. The molecule has 1 N–H and O–H groups in total. The molecule has 1 aromatic heterocycles. The molecule has 104 valence electrons. The SMILES string of the molecule is N#Cc1c(F)cccc1S(=O)(=O)NCc1ccc(Br)s1. The first-order valence-corrected chi connectivity index (χ1v) is 8.46. The smallest absolute Gasteiger partial charge is 0.207 e. The summed E-state index contributed by atoms with van der Waals surface area (Å²) >= 11 is 4.67. The molecule has 20 heavy (non-hydrogen) atoms. The highest BCUT2D eigenvalue weighted by atomic mass is 79.9. The molecule has 0 aliphatic carbocycles. The van der Waals surface area contributed by atoms with Crippen LogP contribution in [-0.2, 0) is 16.6 Å². The summed E-state index contributed by atoms with van der Waals surface area (Å²) in [7, 11) is -3.94. The second-order valence-electron chi connectivity index (χ2n) is 3.76. The summed E-state index contributed by atoms with van der Waals surface area (Å²) in [6.45, 7) is 0.0833. The molecule has 1 heterocycles. The van der Waals surface area contributed by atoms with Gasteiger partial charge in [0.1, 0.15) is 22.3 Å². The van der Waals surface area contributed by atoms with Crippen LogP contribution in [0.25, 0.3) is 0 Å². The summed E-state index contributed by atoms with van der Waals surface area (Å²) in [6.07, 6.45) is 0. The van der Waals surface area contributed by atoms with Crippen molar-refractivity contribution in [3.63, 3.8) is 0 Å². The van der Waals surface area contributed by atoms with Gasteiger partial charge < -0.3 is 0 Å². The van der Waals surface area contributed by atoms with Crippen molar-refractivity contribution < 1.29 is 12.8 Å². The van der Waals surface area contributed by atoms with Crippen LogP contribution in [0.2, 0.25) is 0 Å². The molecule has 0 fully saturated rings. The summed E-state index contributed by atoms with van der Waals surface area (Å²) < 4.78 is 40.9. The van der Waals surface area contributed by atoms with Crippen molar-refractivity contribution in [2.75, 3.05) is 0 Å². The molecule has 0 aliphatic rings. The average molecular weight is 375 g/mol. The number of sulfonamides is 1. The number of rotatable bonds is 4. The van der Waals surface area contributed by atoms with Gasteiger partial charge in [-0.05, 0) is 40.2 Å². The van der Waals surface area contributed by atoms with Crippen LogP contribution in [0.5, 0.6) is 0 Å². The van der Waals surface area contributed by atoms with Crippen LogP contribution >= 0.6 is 27.3 Å². The normalized spacial score (nSPS) is 11.2. The van der Waals surface area contributed by atoms with Gasteiger partial charge in [0.15, 0.2) is 0 Å². The Balaban J connectivity index is 2.27. The van der Waals surface area contributed by atoms with E-state index in [0.717, 1.165) is 14.7 Å². The third kappa shape index (κ3) is 3.24. The maximum Gasteiger partial charge on any atom is 0.242 e. The minimum Gasteiger partial charge on any atom is -0.207 e. The van der Waals surface area contributed by atoms with E-state index in [1.165, 1.54) is 23.5 Å². The highest BCUT2D eigenvalue weighted by Crippen LogP contribution is 2.23. The molecule has 0 saturated heterocycles. The fourth-order valence-corrected chi connectivity index (χ4v) is 4.21. The van der Waals surface area contributed by atoms with Crippen molar-refractivity contribution in [1.29, 1.82) is 5.26 Å². The van der Waals surface area contributed by atoms with Gasteiger partial charge in [-0.3, -0.25) is 0 Å². The Morgan fingerprint density at radius 2 is 2.10 bits per heavy atom. The van der Waals surface area contributed by atoms with Gasteiger partial charge in [-0.2, -0.15) is 5.26 Å². The minimum atomic E-state index is -3.94. The molecule has 4 nitrogen and oxygen atoms in total. The Bertz CT molecular complexity index is 781. The van der Waals surface area contributed by atoms with Crippen LogP contribution in [0.3, 0.4) is 0 Å². The zero-order valence-corrected chi connectivity index (χ0v) is 13.1. The molecule has 0 unspecified atom stereocenters. The molecule has 2 rings (SSSR count). The zero-order valence-electron chi connectivity index (χ0n) is 9.93. The van der Waals surface area contributed by atoms with Crippen LogP contribution in [0.15, 0.2) is 39.0 Å². The maximum absolute atomic E-state index is 13.4. The lowest BCUT2D eigenvalue weighted by molar-refractivity contribution is 0.576. The zero-order chi connectivity index (χ0) is 14.8. The fourth-order valence-electron chi connectivity index (χ4n) is 1.53. The monoisotopic (exact) mass is 374 g/mol. The van der Waals surface area contributed by atoms with Crippen molar-refractivity contribution in [2.45, 2.75) is 11.4 Å². The van der Waals surface area contributed by atoms with Crippen LogP contribution in [-0.4, -0.2) is 8.42 Å². The molecular formula is C12H8BrFN2O2S2. The van der Waals surface area contributed by atoms with Crippen molar-refractivity contribution in [3.8, 4) is 6.07 Å². The highest BCUT2D eigenvalue weighted by molar-refractivity contribution is 9.11. The third-order valence-corrected chi connectivity index (χ3v) is 5.51. The lowest BCUT2D eigenvalue weighted by atomic mass is 10.2. The third-order valence-electron chi connectivity index (χ3n) is 2.44. The van der Waals surface area contributed by atoms with Crippen LogP contribution in [0, 0.1) is 17.1 Å². The molecule has 0 bridgehead atoms. The minimum absolute atomic E-state index is 0.0833. The second-order valence-corrected chi connectivity index (χ2v) is 8.04. The van der Waals surface area contributed by atoms with Crippen LogP contribution in [0.1, 0.15) is 10.4 Å². The number of halogens is 2. The summed E-state index contributed by atoms with van der Waals surface area (Å²) in [4.78, 5) is 0.450. The lowest BCUT2D eigenvalue weighted by Crippen LogP contribution is -2.24. The summed E-state index contributed by atoms with van der Waals surface area (Å²) in [5, 5.41) is 8.86. The molecule has 1 aromatic carbocycles. The van der Waals surface area contributed by atoms with Gasteiger partial charge >= 0.3 is 0 Å². The molecular weight excluding hydrogens is 367 g/mol. The largest absolute Gasteiger partial charge is 0.242 e. The van der Waals surface area contributed by atoms with E-state index in [0.29, 0.717) is 0 Å². The first kappa shape index (κ1) is 15.1. The van der Waals surface area contributed by atoms with Crippen LogP contribution in [0.4, 0.5) is 4.39 Å². The fraction of sp³-hybridized carbons (Fsp3) is 0.0833. The summed E-state index contributed by atoms with van der Waals surface area (Å²) in [5.41, 5.74) is -0.479. The Hall–Kier alpha value is -1.27. The number of benzene rings is 1. The number of thiophene rings is 1. The standard InChI is InChI=1S/C12H8BrFN2O2S2/c13-12-5-4-8(19-12)7-16-20(17,18)11-3-1-2-10(14)9(11)6-15/h1-5,16H,7H2. The van der Waals surface area contributed by atoms with Gasteiger partial charge in [0.2, 0.25) is 10.0 Å². The van der Waals surface area contributed by atoms with E-state index in [2.05, 4.69) is 20.7 Å². The van der Waals surface area contributed by atoms with Gasteiger partial charge in [-0.25, -0.2) is 17.5 Å². The van der Waals surface area contributed by atoms with E-state index in [-0.39, 0.29) is 11.4 Å². The van der Waals surface area contributed by atoms with E-state index in [4.69, 9.17) is 5.26 Å². The topological polar surface area (TPSA) is 70.0 Å². The van der Waals surface area contributed by atoms with Gasteiger partial charge in [0.05, 0.1) is 3.79 Å². The van der Waals surface area contributed by atoms with Gasteiger partial charge in [-0.15, -0.1) is 11.3 Å². The maximum atomic E-state index is 13.4. The van der Waals surface area contributed by atoms with Crippen molar-refractivity contribution in [1.82, 2.24) is 4.72 Å². The predicted octanol–water partition coefficient (Wildman–Crippen LogP) is 3.00. The molecule has 0 saturated carbocycles. The Morgan fingerprint density at radius 1 is 1.35 bits per heavy atom.